The predicted molar refractivity (Wildman–Crippen MR) is 73.8 cm³/mol. The van der Waals surface area contributed by atoms with Gasteiger partial charge in [-0.2, -0.15) is 0 Å². The minimum Gasteiger partial charge on any atom is -0.341 e. The van der Waals surface area contributed by atoms with Crippen LogP contribution in [0.2, 0.25) is 0 Å². The smallest absolute Gasteiger partial charge is 0.222 e. The highest BCUT2D eigenvalue weighted by Crippen LogP contribution is 2.20. The van der Waals surface area contributed by atoms with Gasteiger partial charge in [0.15, 0.2) is 0 Å². The lowest BCUT2D eigenvalue weighted by atomic mass is 9.95. The summed E-state index contributed by atoms with van der Waals surface area (Å²) in [5, 5.41) is 0. The van der Waals surface area contributed by atoms with Crippen LogP contribution in [0.3, 0.4) is 0 Å². The van der Waals surface area contributed by atoms with Crippen molar-refractivity contribution < 1.29 is 4.79 Å². The topological polar surface area (TPSA) is 46.3 Å². The maximum absolute atomic E-state index is 12.1. The fourth-order valence-corrected chi connectivity index (χ4v) is 1.86. The summed E-state index contributed by atoms with van der Waals surface area (Å²) in [7, 11) is 1.91. The van der Waals surface area contributed by atoms with E-state index in [2.05, 4.69) is 27.7 Å². The molecular weight excluding hydrogens is 212 g/mol. The van der Waals surface area contributed by atoms with Gasteiger partial charge in [0.1, 0.15) is 0 Å². The second-order valence-electron chi connectivity index (χ2n) is 5.51. The van der Waals surface area contributed by atoms with Crippen LogP contribution in [0.1, 0.15) is 59.8 Å². The van der Waals surface area contributed by atoms with Crippen LogP contribution < -0.4 is 5.73 Å². The summed E-state index contributed by atoms with van der Waals surface area (Å²) in [5.74, 6) is 0.856. The maximum atomic E-state index is 12.1. The van der Waals surface area contributed by atoms with Gasteiger partial charge in [0.05, 0.1) is 0 Å². The van der Waals surface area contributed by atoms with E-state index >= 15 is 0 Å². The Morgan fingerprint density at radius 2 is 1.88 bits per heavy atom. The van der Waals surface area contributed by atoms with Gasteiger partial charge in [-0.25, -0.2) is 0 Å². The lowest BCUT2D eigenvalue weighted by Gasteiger charge is -2.35. The normalized spacial score (nSPS) is 13.5. The molecule has 1 unspecified atom stereocenters. The molecule has 0 aliphatic rings. The highest BCUT2D eigenvalue weighted by atomic mass is 16.2. The molecule has 102 valence electrons. The summed E-state index contributed by atoms with van der Waals surface area (Å²) in [6, 6.07) is 0. The number of carbonyl (C=O) groups is 1. The Kier molecular flexibility index (Phi) is 7.44. The quantitative estimate of drug-likeness (QED) is 0.711. The molecule has 0 rings (SSSR count). The molecule has 3 heteroatoms. The fourth-order valence-electron chi connectivity index (χ4n) is 1.86. The third kappa shape index (κ3) is 5.53. The van der Waals surface area contributed by atoms with Crippen molar-refractivity contribution >= 4 is 5.91 Å². The standard InChI is InChI=1S/C14H30N2O/c1-6-12(10-11-15)8-9-13(17)16(5)14(3,4)7-2/h12H,6-11,15H2,1-5H3. The Morgan fingerprint density at radius 1 is 1.29 bits per heavy atom. The zero-order valence-corrected chi connectivity index (χ0v) is 12.3. The van der Waals surface area contributed by atoms with Crippen LogP contribution in [0.25, 0.3) is 0 Å². The van der Waals surface area contributed by atoms with E-state index in [1.807, 2.05) is 11.9 Å². The van der Waals surface area contributed by atoms with Crippen LogP contribution in [0, 0.1) is 5.92 Å². The van der Waals surface area contributed by atoms with Gasteiger partial charge in [0.2, 0.25) is 5.91 Å². The fraction of sp³-hybridized carbons (Fsp3) is 0.929. The van der Waals surface area contributed by atoms with E-state index < -0.39 is 0 Å². The minimum atomic E-state index is -0.0351. The van der Waals surface area contributed by atoms with Crippen molar-refractivity contribution in [3.05, 3.63) is 0 Å². The Balaban J connectivity index is 4.17. The van der Waals surface area contributed by atoms with E-state index in [1.165, 1.54) is 0 Å². The average molecular weight is 242 g/mol. The molecule has 0 radical (unpaired) electrons. The van der Waals surface area contributed by atoms with Crippen LogP contribution in [0.15, 0.2) is 0 Å². The van der Waals surface area contributed by atoms with Crippen molar-refractivity contribution in [3.8, 4) is 0 Å². The van der Waals surface area contributed by atoms with Crippen LogP contribution in [0.4, 0.5) is 0 Å². The number of carbonyl (C=O) groups excluding carboxylic acids is 1. The Hall–Kier alpha value is -0.570. The van der Waals surface area contributed by atoms with Crippen LogP contribution in [-0.4, -0.2) is 29.9 Å². The molecule has 2 N–H and O–H groups in total. The molecule has 0 aromatic heterocycles. The summed E-state index contributed by atoms with van der Waals surface area (Å²) in [6.07, 6.45) is 4.75. The molecule has 1 atom stereocenters. The third-order valence-electron chi connectivity index (χ3n) is 4.07. The Bertz CT molecular complexity index is 226. The molecule has 0 fully saturated rings. The van der Waals surface area contributed by atoms with E-state index in [-0.39, 0.29) is 11.4 Å². The molecule has 0 aliphatic heterocycles. The van der Waals surface area contributed by atoms with Gasteiger partial charge < -0.3 is 10.6 Å². The minimum absolute atomic E-state index is 0.0351. The van der Waals surface area contributed by atoms with Gasteiger partial charge >= 0.3 is 0 Å². The van der Waals surface area contributed by atoms with Crippen molar-refractivity contribution in [2.24, 2.45) is 11.7 Å². The molecule has 0 saturated carbocycles. The number of amides is 1. The van der Waals surface area contributed by atoms with Crippen molar-refractivity contribution in [2.45, 2.75) is 65.3 Å². The maximum Gasteiger partial charge on any atom is 0.222 e. The summed E-state index contributed by atoms with van der Waals surface area (Å²) in [6.45, 7) is 9.24. The average Bonchev–Trinajstić information content (AvgIpc) is 2.32. The first-order valence-corrected chi connectivity index (χ1v) is 6.85. The van der Waals surface area contributed by atoms with Crippen LogP contribution >= 0.6 is 0 Å². The number of nitrogens with two attached hydrogens (primary N) is 1. The molecule has 1 amide bonds. The van der Waals surface area contributed by atoms with Gasteiger partial charge in [-0.05, 0) is 45.6 Å². The number of rotatable bonds is 8. The molecule has 17 heavy (non-hydrogen) atoms. The van der Waals surface area contributed by atoms with E-state index in [0.29, 0.717) is 12.3 Å². The molecule has 0 heterocycles. The van der Waals surface area contributed by atoms with Crippen molar-refractivity contribution in [1.82, 2.24) is 4.90 Å². The first-order chi connectivity index (χ1) is 7.88. The van der Waals surface area contributed by atoms with E-state index in [4.69, 9.17) is 5.73 Å². The van der Waals surface area contributed by atoms with E-state index in [9.17, 15) is 4.79 Å². The number of nitrogens with zero attached hydrogens (tertiary/aromatic N) is 1. The number of hydrogen-bond donors (Lipinski definition) is 1. The Labute approximate surface area is 107 Å². The van der Waals surface area contributed by atoms with Crippen molar-refractivity contribution in [3.63, 3.8) is 0 Å². The zero-order valence-electron chi connectivity index (χ0n) is 12.3. The van der Waals surface area contributed by atoms with E-state index in [0.717, 1.165) is 32.2 Å². The summed E-state index contributed by atoms with van der Waals surface area (Å²) in [5.41, 5.74) is 5.53. The van der Waals surface area contributed by atoms with Crippen molar-refractivity contribution in [2.75, 3.05) is 13.6 Å². The molecule has 3 nitrogen and oxygen atoms in total. The second kappa shape index (κ2) is 7.70. The largest absolute Gasteiger partial charge is 0.341 e. The molecule has 0 aliphatic carbocycles. The summed E-state index contributed by atoms with van der Waals surface area (Å²) >= 11 is 0. The molecule has 0 spiro atoms. The van der Waals surface area contributed by atoms with Gasteiger partial charge in [-0.15, -0.1) is 0 Å². The third-order valence-corrected chi connectivity index (χ3v) is 4.07. The SMILES string of the molecule is CCC(CCN)CCC(=O)N(C)C(C)(C)CC. The molecule has 0 saturated heterocycles. The summed E-state index contributed by atoms with van der Waals surface area (Å²) < 4.78 is 0. The lowest BCUT2D eigenvalue weighted by Crippen LogP contribution is -2.44. The van der Waals surface area contributed by atoms with Gasteiger partial charge in [0.25, 0.3) is 0 Å². The van der Waals surface area contributed by atoms with Crippen LogP contribution in [-0.2, 0) is 4.79 Å². The molecule has 0 aromatic rings. The predicted octanol–water partition coefficient (Wildman–Crippen LogP) is 2.79. The first kappa shape index (κ1) is 16.4. The van der Waals surface area contributed by atoms with Crippen LogP contribution in [0.5, 0.6) is 0 Å². The zero-order chi connectivity index (χ0) is 13.5. The highest BCUT2D eigenvalue weighted by Gasteiger charge is 2.25. The van der Waals surface area contributed by atoms with E-state index in [1.54, 1.807) is 0 Å². The van der Waals surface area contributed by atoms with Gasteiger partial charge in [0, 0.05) is 19.0 Å². The van der Waals surface area contributed by atoms with Gasteiger partial charge in [-0.1, -0.05) is 20.3 Å². The number of hydrogen-bond acceptors (Lipinski definition) is 2. The molecule has 0 aromatic carbocycles. The first-order valence-electron chi connectivity index (χ1n) is 6.85. The monoisotopic (exact) mass is 242 g/mol. The molecular formula is C14H30N2O. The highest BCUT2D eigenvalue weighted by molar-refractivity contribution is 5.76. The Morgan fingerprint density at radius 3 is 2.29 bits per heavy atom. The summed E-state index contributed by atoms with van der Waals surface area (Å²) in [4.78, 5) is 14.0. The molecule has 0 bridgehead atoms. The van der Waals surface area contributed by atoms with Crippen molar-refractivity contribution in [1.29, 1.82) is 0 Å². The lowest BCUT2D eigenvalue weighted by molar-refractivity contribution is -0.135. The van der Waals surface area contributed by atoms with Gasteiger partial charge in [-0.3, -0.25) is 4.79 Å². The second-order valence-corrected chi connectivity index (χ2v) is 5.51.